The van der Waals surface area contributed by atoms with Crippen molar-refractivity contribution >= 4 is 23.4 Å². The van der Waals surface area contributed by atoms with E-state index in [4.69, 9.17) is 4.74 Å². The van der Waals surface area contributed by atoms with Gasteiger partial charge in [-0.15, -0.1) is 10.2 Å². The zero-order valence-electron chi connectivity index (χ0n) is 18.1. The van der Waals surface area contributed by atoms with Crippen LogP contribution in [0, 0.1) is 5.82 Å². The lowest BCUT2D eigenvalue weighted by Gasteiger charge is -2.19. The van der Waals surface area contributed by atoms with Gasteiger partial charge in [0.2, 0.25) is 5.91 Å². The summed E-state index contributed by atoms with van der Waals surface area (Å²) in [5.41, 5.74) is 1.98. The summed E-state index contributed by atoms with van der Waals surface area (Å²) in [6.45, 7) is 7.90. The van der Waals surface area contributed by atoms with Gasteiger partial charge in [0, 0.05) is 11.7 Å². The number of carbonyl (C=O) groups excluding carboxylic acids is 1. The molecular formula is C23H27FN4O2S. The standard InChI is InChI=1S/C23H27FN4O2S/c1-5-17-10-12-18(13-11-17)25-21(29)14-31-23-27-26-22(28(23)15(2)3)16(4)30-20-9-7-6-8-19(20)24/h6-13,15-16H,5,14H2,1-4H3,(H,25,29). The maximum atomic E-state index is 13.9. The zero-order valence-corrected chi connectivity index (χ0v) is 18.9. The Morgan fingerprint density at radius 2 is 1.84 bits per heavy atom. The van der Waals surface area contributed by atoms with Crippen LogP contribution in [0.2, 0.25) is 0 Å². The Balaban J connectivity index is 1.66. The number of benzene rings is 2. The second-order valence-electron chi connectivity index (χ2n) is 7.38. The summed E-state index contributed by atoms with van der Waals surface area (Å²) in [6.07, 6.45) is 0.447. The molecule has 1 aromatic heterocycles. The van der Waals surface area contributed by atoms with E-state index < -0.39 is 11.9 Å². The van der Waals surface area contributed by atoms with Crippen molar-refractivity contribution in [3.05, 3.63) is 65.7 Å². The van der Waals surface area contributed by atoms with E-state index in [-0.39, 0.29) is 23.5 Å². The van der Waals surface area contributed by atoms with Crippen LogP contribution in [0.1, 0.15) is 51.2 Å². The summed E-state index contributed by atoms with van der Waals surface area (Å²) in [7, 11) is 0. The number of hydrogen-bond acceptors (Lipinski definition) is 5. The number of rotatable bonds is 9. The second kappa shape index (κ2) is 10.4. The van der Waals surface area contributed by atoms with Crippen LogP contribution in [0.15, 0.2) is 53.7 Å². The van der Waals surface area contributed by atoms with E-state index in [2.05, 4.69) is 22.4 Å². The Hall–Kier alpha value is -2.87. The van der Waals surface area contributed by atoms with Gasteiger partial charge in [-0.2, -0.15) is 0 Å². The van der Waals surface area contributed by atoms with Crippen LogP contribution in [-0.4, -0.2) is 26.4 Å². The number of aromatic nitrogens is 3. The molecule has 1 amide bonds. The lowest BCUT2D eigenvalue weighted by atomic mass is 10.1. The first-order valence-corrected chi connectivity index (χ1v) is 11.2. The third-order valence-electron chi connectivity index (χ3n) is 4.69. The number of aryl methyl sites for hydroxylation is 1. The molecule has 1 atom stereocenters. The average Bonchev–Trinajstić information content (AvgIpc) is 3.19. The number of nitrogens with zero attached hydrogens (tertiary/aromatic N) is 3. The number of halogens is 1. The number of anilines is 1. The van der Waals surface area contributed by atoms with Gasteiger partial charge in [-0.05, 0) is 57.0 Å². The molecular weight excluding hydrogens is 415 g/mol. The first kappa shape index (κ1) is 22.8. The van der Waals surface area contributed by atoms with Crippen molar-refractivity contribution < 1.29 is 13.9 Å². The monoisotopic (exact) mass is 442 g/mol. The molecule has 31 heavy (non-hydrogen) atoms. The van der Waals surface area contributed by atoms with Crippen LogP contribution in [-0.2, 0) is 11.2 Å². The molecule has 0 aliphatic rings. The maximum absolute atomic E-state index is 13.9. The minimum atomic E-state index is -0.507. The molecule has 8 heteroatoms. The highest BCUT2D eigenvalue weighted by Gasteiger charge is 2.22. The lowest BCUT2D eigenvalue weighted by molar-refractivity contribution is -0.113. The molecule has 6 nitrogen and oxygen atoms in total. The highest BCUT2D eigenvalue weighted by molar-refractivity contribution is 7.99. The predicted molar refractivity (Wildman–Crippen MR) is 121 cm³/mol. The van der Waals surface area contributed by atoms with Gasteiger partial charge < -0.3 is 14.6 Å². The van der Waals surface area contributed by atoms with Gasteiger partial charge in [-0.3, -0.25) is 4.79 Å². The fourth-order valence-corrected chi connectivity index (χ4v) is 3.96. The first-order chi connectivity index (χ1) is 14.9. The van der Waals surface area contributed by atoms with E-state index in [0.29, 0.717) is 11.0 Å². The van der Waals surface area contributed by atoms with E-state index >= 15 is 0 Å². The minimum Gasteiger partial charge on any atom is -0.480 e. The van der Waals surface area contributed by atoms with Crippen LogP contribution in [0.3, 0.4) is 0 Å². The average molecular weight is 443 g/mol. The number of thioether (sulfide) groups is 1. The third kappa shape index (κ3) is 5.85. The van der Waals surface area contributed by atoms with Crippen molar-refractivity contribution in [1.82, 2.24) is 14.8 Å². The Morgan fingerprint density at radius 1 is 1.13 bits per heavy atom. The number of nitrogens with one attached hydrogen (secondary N) is 1. The van der Waals surface area contributed by atoms with Crippen LogP contribution < -0.4 is 10.1 Å². The topological polar surface area (TPSA) is 69.0 Å². The molecule has 3 aromatic rings. The van der Waals surface area contributed by atoms with Gasteiger partial charge in [0.05, 0.1) is 5.75 Å². The van der Waals surface area contributed by atoms with Gasteiger partial charge in [-0.25, -0.2) is 4.39 Å². The zero-order chi connectivity index (χ0) is 22.4. The summed E-state index contributed by atoms with van der Waals surface area (Å²) < 4.78 is 21.6. The summed E-state index contributed by atoms with van der Waals surface area (Å²) in [5.74, 6) is 0.392. The first-order valence-electron chi connectivity index (χ1n) is 10.3. The molecule has 0 aliphatic carbocycles. The van der Waals surface area contributed by atoms with Crippen molar-refractivity contribution in [2.45, 2.75) is 51.4 Å². The van der Waals surface area contributed by atoms with Crippen LogP contribution in [0.25, 0.3) is 0 Å². The van der Waals surface area contributed by atoms with E-state index in [1.165, 1.54) is 23.4 Å². The molecule has 164 valence electrons. The van der Waals surface area contributed by atoms with E-state index in [1.54, 1.807) is 25.1 Å². The SMILES string of the molecule is CCc1ccc(NC(=O)CSc2nnc(C(C)Oc3ccccc3F)n2C(C)C)cc1. The van der Waals surface area contributed by atoms with Crippen molar-refractivity contribution in [3.63, 3.8) is 0 Å². The lowest BCUT2D eigenvalue weighted by Crippen LogP contribution is -2.16. The van der Waals surface area contributed by atoms with Crippen molar-refractivity contribution in [3.8, 4) is 5.75 Å². The molecule has 1 heterocycles. The highest BCUT2D eigenvalue weighted by atomic mass is 32.2. The smallest absolute Gasteiger partial charge is 0.234 e. The summed E-state index contributed by atoms with van der Waals surface area (Å²) in [6, 6.07) is 14.1. The Bertz CT molecular complexity index is 1020. The number of ether oxygens (including phenoxy) is 1. The van der Waals surface area contributed by atoms with Crippen molar-refractivity contribution in [2.24, 2.45) is 0 Å². The van der Waals surface area contributed by atoms with Crippen molar-refractivity contribution in [2.75, 3.05) is 11.1 Å². The molecule has 3 rings (SSSR count). The normalized spacial score (nSPS) is 12.1. The molecule has 0 radical (unpaired) electrons. The Labute approximate surface area is 186 Å². The molecule has 0 aliphatic heterocycles. The van der Waals surface area contributed by atoms with Gasteiger partial charge >= 0.3 is 0 Å². The molecule has 1 N–H and O–H groups in total. The van der Waals surface area contributed by atoms with Gasteiger partial charge in [0.1, 0.15) is 0 Å². The molecule has 0 bridgehead atoms. The number of hydrogen-bond donors (Lipinski definition) is 1. The summed E-state index contributed by atoms with van der Waals surface area (Å²) in [4.78, 5) is 12.4. The number of amides is 1. The fraction of sp³-hybridized carbons (Fsp3) is 0.348. The number of para-hydroxylation sites is 1. The summed E-state index contributed by atoms with van der Waals surface area (Å²) >= 11 is 1.31. The van der Waals surface area contributed by atoms with Crippen LogP contribution in [0.5, 0.6) is 5.75 Å². The Morgan fingerprint density at radius 3 is 2.48 bits per heavy atom. The van der Waals surface area contributed by atoms with Crippen LogP contribution >= 0.6 is 11.8 Å². The van der Waals surface area contributed by atoms with Gasteiger partial charge in [0.15, 0.2) is 28.7 Å². The number of carbonyl (C=O) groups is 1. The predicted octanol–water partition coefficient (Wildman–Crippen LogP) is 5.43. The quantitative estimate of drug-likeness (QED) is 0.448. The second-order valence-corrected chi connectivity index (χ2v) is 8.32. The fourth-order valence-electron chi connectivity index (χ4n) is 3.08. The van der Waals surface area contributed by atoms with Crippen LogP contribution in [0.4, 0.5) is 10.1 Å². The van der Waals surface area contributed by atoms with Crippen molar-refractivity contribution in [1.29, 1.82) is 0 Å². The molecule has 0 saturated heterocycles. The van der Waals surface area contributed by atoms with E-state index in [1.807, 2.05) is 42.7 Å². The Kier molecular flexibility index (Phi) is 7.68. The molecule has 1 unspecified atom stereocenters. The molecule has 0 saturated carbocycles. The maximum Gasteiger partial charge on any atom is 0.234 e. The van der Waals surface area contributed by atoms with Gasteiger partial charge in [-0.1, -0.05) is 43.0 Å². The molecule has 0 fully saturated rings. The molecule has 0 spiro atoms. The minimum absolute atomic E-state index is 0.0452. The van der Waals surface area contributed by atoms with E-state index in [9.17, 15) is 9.18 Å². The van der Waals surface area contributed by atoms with E-state index in [0.717, 1.165) is 12.1 Å². The largest absolute Gasteiger partial charge is 0.480 e. The molecule has 2 aromatic carbocycles. The summed E-state index contributed by atoms with van der Waals surface area (Å²) in [5, 5.41) is 12.0. The van der Waals surface area contributed by atoms with Gasteiger partial charge in [0.25, 0.3) is 0 Å². The third-order valence-corrected chi connectivity index (χ3v) is 5.63. The highest BCUT2D eigenvalue weighted by Crippen LogP contribution is 2.28.